The van der Waals surface area contributed by atoms with Crippen LogP contribution in [0, 0.1) is 54.0 Å². The highest BCUT2D eigenvalue weighted by atomic mass is 16.7. The van der Waals surface area contributed by atoms with Crippen LogP contribution in [0.25, 0.3) is 0 Å². The van der Waals surface area contributed by atoms with Gasteiger partial charge < -0.3 is 65.4 Å². The van der Waals surface area contributed by atoms with Gasteiger partial charge in [0.25, 0.3) is 40.7 Å². The highest BCUT2D eigenvalue weighted by Gasteiger charge is 2.34. The number of non-ortho nitro benzene ring substituents is 3. The lowest BCUT2D eigenvalue weighted by molar-refractivity contribution is -0.385. The van der Waals surface area contributed by atoms with Gasteiger partial charge in [-0.25, -0.2) is 9.59 Å². The van der Waals surface area contributed by atoms with Gasteiger partial charge in [-0.15, -0.1) is 0 Å². The summed E-state index contributed by atoms with van der Waals surface area (Å²) in [7, 11) is 0. The molecule has 2 aliphatic heterocycles. The number of anilines is 2. The van der Waals surface area contributed by atoms with Crippen molar-refractivity contribution in [1.82, 2.24) is 31.1 Å². The molecular weight excluding hydrogens is 1650 g/mol. The SMILES string of the molecule is CC(C)C[C@@H](NC(=O)CCN1C(=O)C=CC1=O)C(=O)N[C@@H](C)C(=O)C[C@@H](CCC(=O)OC(C)(C)C)C(=O)Nc1ccc(CO)cc1.CC(C)C[C@@H](NC(=O)CCN1C(=O)C=CC1=O)C(=O)N[C@@H](C)C(=O)C[C@@H](CCC(=O)OC(C)(C)C)C(=O)Nc1ccc(COC(=O)Oc2ccc([N+](=O)[O-])cc2)cc1.O=C(Oc1ccc([N+](=O)[O-])cc1)Oc1ccc([N+](=O)[O-])cc1. The Kier molecular flexibility index (Phi) is 39.8. The second-order valence-electron chi connectivity index (χ2n) is 31.6. The maximum Gasteiger partial charge on any atom is 0.519 e. The first-order valence-electron chi connectivity index (χ1n) is 39.8. The van der Waals surface area contributed by atoms with E-state index in [2.05, 4.69) is 31.9 Å². The molecule has 0 saturated heterocycles. The number of rotatable bonds is 41. The molecule has 126 heavy (non-hydrogen) atoms. The number of nitrogens with one attached hydrogen (secondary N) is 6. The lowest BCUT2D eigenvalue weighted by atomic mass is 9.93. The molecule has 0 spiro atoms. The summed E-state index contributed by atoms with van der Waals surface area (Å²) in [5.41, 5.74) is -0.000103. The van der Waals surface area contributed by atoms with E-state index in [1.54, 1.807) is 77.9 Å². The number of benzene rings is 5. The molecule has 0 bridgehead atoms. The summed E-state index contributed by atoms with van der Waals surface area (Å²) in [6.45, 7) is 19.9. The van der Waals surface area contributed by atoms with Crippen molar-refractivity contribution in [1.29, 1.82) is 0 Å². The Morgan fingerprint density at radius 3 is 1.02 bits per heavy atom. The number of carbonyl (C=O) groups is 16. The largest absolute Gasteiger partial charge is 0.519 e. The lowest BCUT2D eigenvalue weighted by Gasteiger charge is -2.24. The molecule has 10 amide bonds. The van der Waals surface area contributed by atoms with E-state index in [1.165, 1.54) is 98.8 Å². The lowest BCUT2D eigenvalue weighted by Crippen LogP contribution is -2.51. The highest BCUT2D eigenvalue weighted by Crippen LogP contribution is 2.26. The van der Waals surface area contributed by atoms with E-state index in [-0.39, 0.29) is 137 Å². The number of imide groups is 2. The van der Waals surface area contributed by atoms with E-state index in [0.29, 0.717) is 22.5 Å². The Morgan fingerprint density at radius 1 is 0.413 bits per heavy atom. The number of aliphatic hydroxyl groups is 1. The van der Waals surface area contributed by atoms with Gasteiger partial charge in [0.15, 0.2) is 11.6 Å². The van der Waals surface area contributed by atoms with Crippen molar-refractivity contribution in [3.05, 3.63) is 187 Å². The smallest absolute Gasteiger partial charge is 0.460 e. The van der Waals surface area contributed by atoms with Crippen LogP contribution in [0.5, 0.6) is 17.2 Å². The third kappa shape index (κ3) is 37.2. The molecule has 0 fully saturated rings. The number of nitro groups is 3. The van der Waals surface area contributed by atoms with Crippen LogP contribution in [-0.2, 0) is 94.5 Å². The Morgan fingerprint density at radius 2 is 0.722 bits per heavy atom. The van der Waals surface area contributed by atoms with Gasteiger partial charge in [0, 0.05) is 136 Å². The number of ether oxygens (including phenoxy) is 6. The first kappa shape index (κ1) is 102. The topological polar surface area (TPSA) is 557 Å². The molecule has 40 nitrogen and oxygen atoms in total. The minimum absolute atomic E-state index is 0.000342. The first-order chi connectivity index (χ1) is 59.1. The standard InChI is InChI=1S/C40H49N5O13.C33H46N4O9.C13H8N2O7/c1-24(2)21-31(43-33(47)19-20-44-34(48)16-17-35(44)49)38(52)41-25(3)32(46)22-27(9-18-36(50)58-40(4,5)6)37(51)42-28-10-7-26(8-11-28)23-56-39(53)57-30-14-12-29(13-15-30)45(54)55;1-20(2)17-25(36-27(40)15-16-37-28(41)12-13-29(37)42)32(45)34-21(3)26(39)18-23(9-14-30(43)46-33(4,5)6)31(44)35-24-10-7-22(19-38)8-11-24;16-13(21-11-5-1-9(2-6-11)14(17)18)22-12-7-3-10(4-8-12)15(19)20/h7-8,10-17,24-25,27,31H,9,18-23H2,1-6H3,(H,41,52)(H,42,51)(H,43,47);7-8,10-13,20-21,23,25,38H,9,14-19H2,1-6H3,(H,34,45)(H,35,44)(H,36,40);1-8H/t25-,27+,31+;21-,23+,25+;/m00./s1. The van der Waals surface area contributed by atoms with Crippen molar-refractivity contribution in [2.24, 2.45) is 23.7 Å². The molecule has 6 atom stereocenters. The number of hydrogen-bond donors (Lipinski definition) is 7. The fraction of sp³-hybridized carbons (Fsp3) is 0.419. The van der Waals surface area contributed by atoms with Gasteiger partial charge in [0.2, 0.25) is 35.4 Å². The number of hydrogen-bond acceptors (Lipinski definition) is 29. The summed E-state index contributed by atoms with van der Waals surface area (Å²) >= 11 is 0. The predicted molar refractivity (Wildman–Crippen MR) is 448 cm³/mol. The summed E-state index contributed by atoms with van der Waals surface area (Å²) in [5.74, 6) is -9.41. The molecule has 7 N–H and O–H groups in total. The molecule has 0 unspecified atom stereocenters. The average Bonchev–Trinajstić information content (AvgIpc) is 1.52. The molecule has 7 rings (SSSR count). The van der Waals surface area contributed by atoms with Crippen LogP contribution >= 0.6 is 0 Å². The molecule has 5 aromatic rings. The maximum atomic E-state index is 13.5. The quantitative estimate of drug-likeness (QED) is 0.00478. The van der Waals surface area contributed by atoms with Crippen LogP contribution in [0.2, 0.25) is 0 Å². The number of Topliss-reactive ketones (excluding diaryl/α,β-unsaturated/α-hetero) is 2. The predicted octanol–water partition coefficient (Wildman–Crippen LogP) is 9.54. The number of aliphatic hydroxyl groups excluding tert-OH is 1. The Balaban J connectivity index is 0.000000366. The molecule has 0 aromatic heterocycles. The Hall–Kier alpha value is -14.3. The molecule has 0 saturated carbocycles. The molecule has 0 radical (unpaired) electrons. The Labute approximate surface area is 724 Å². The highest BCUT2D eigenvalue weighted by molar-refractivity contribution is 6.14. The van der Waals surface area contributed by atoms with Crippen molar-refractivity contribution in [3.8, 4) is 17.2 Å². The number of ketones is 2. The molecule has 5 aromatic carbocycles. The second kappa shape index (κ2) is 49.1. The molecular formula is C86H103N11O29. The van der Waals surface area contributed by atoms with E-state index in [0.717, 1.165) is 34.1 Å². The normalized spacial score (nSPS) is 13.6. The second-order valence-corrected chi connectivity index (χ2v) is 31.6. The average molecular weight is 1750 g/mol. The van der Waals surface area contributed by atoms with E-state index in [4.69, 9.17) is 28.4 Å². The van der Waals surface area contributed by atoms with Crippen LogP contribution in [-0.4, -0.2) is 173 Å². The number of nitro benzene ring substituents is 3. The van der Waals surface area contributed by atoms with Crippen LogP contribution in [0.15, 0.2) is 146 Å². The van der Waals surface area contributed by atoms with Gasteiger partial charge in [-0.2, -0.15) is 0 Å². The summed E-state index contributed by atoms with van der Waals surface area (Å²) in [6, 6.07) is 23.1. The van der Waals surface area contributed by atoms with Crippen LogP contribution < -0.4 is 46.1 Å². The van der Waals surface area contributed by atoms with E-state index in [1.807, 2.05) is 27.7 Å². The van der Waals surface area contributed by atoms with Crippen molar-refractivity contribution < 1.29 is 125 Å². The molecule has 0 aliphatic carbocycles. The van der Waals surface area contributed by atoms with Gasteiger partial charge >= 0.3 is 24.2 Å². The molecule has 40 heteroatoms. The summed E-state index contributed by atoms with van der Waals surface area (Å²) in [4.78, 5) is 233. The van der Waals surface area contributed by atoms with E-state index in [9.17, 15) is 112 Å². The van der Waals surface area contributed by atoms with Crippen LogP contribution in [0.3, 0.4) is 0 Å². The van der Waals surface area contributed by atoms with Crippen LogP contribution in [0.4, 0.5) is 38.0 Å². The van der Waals surface area contributed by atoms with Crippen molar-refractivity contribution in [2.45, 2.75) is 196 Å². The number of nitrogens with zero attached hydrogens (tertiary/aromatic N) is 5. The fourth-order valence-electron chi connectivity index (χ4n) is 11.6. The van der Waals surface area contributed by atoms with Crippen LogP contribution in [0.1, 0.15) is 158 Å². The minimum Gasteiger partial charge on any atom is -0.460 e. The van der Waals surface area contributed by atoms with Gasteiger partial charge in [0.05, 0.1) is 33.5 Å². The van der Waals surface area contributed by atoms with Gasteiger partial charge in [-0.05, 0) is 165 Å². The maximum absolute atomic E-state index is 13.5. The zero-order valence-corrected chi connectivity index (χ0v) is 71.5. The molecule has 2 aliphatic rings. The Bertz CT molecular complexity index is 4730. The number of esters is 2. The van der Waals surface area contributed by atoms with E-state index >= 15 is 0 Å². The minimum atomic E-state index is -1.09. The van der Waals surface area contributed by atoms with Crippen molar-refractivity contribution in [2.75, 3.05) is 23.7 Å². The van der Waals surface area contributed by atoms with Crippen molar-refractivity contribution in [3.63, 3.8) is 0 Å². The monoisotopic (exact) mass is 1750 g/mol. The zero-order chi connectivity index (χ0) is 93.9. The summed E-state index contributed by atoms with van der Waals surface area (Å²) < 4.78 is 30.5. The third-order valence-corrected chi connectivity index (χ3v) is 17.9. The van der Waals surface area contributed by atoms with Gasteiger partial charge in [0.1, 0.15) is 47.1 Å². The fourth-order valence-corrected chi connectivity index (χ4v) is 11.6. The third-order valence-electron chi connectivity index (χ3n) is 17.9. The zero-order valence-electron chi connectivity index (χ0n) is 71.5. The number of carbonyl (C=O) groups excluding carboxylic acids is 16. The molecule has 676 valence electrons. The summed E-state index contributed by atoms with van der Waals surface area (Å²) in [6.07, 6.45) is 1.42. The molecule has 2 heterocycles. The van der Waals surface area contributed by atoms with Gasteiger partial charge in [-0.1, -0.05) is 52.0 Å². The summed E-state index contributed by atoms with van der Waals surface area (Å²) in [5, 5.41) is 57.0. The van der Waals surface area contributed by atoms with Gasteiger partial charge in [-0.3, -0.25) is 107 Å². The van der Waals surface area contributed by atoms with Crippen molar-refractivity contribution >= 4 is 123 Å². The first-order valence-corrected chi connectivity index (χ1v) is 39.8. The van der Waals surface area contributed by atoms with E-state index < -0.39 is 157 Å². The number of amides is 10.